The number of piperidine rings is 1. The Kier molecular flexibility index (Phi) is 6.42. The maximum atomic E-state index is 11.6. The van der Waals surface area contributed by atoms with Gasteiger partial charge in [0, 0.05) is 19.7 Å². The summed E-state index contributed by atoms with van der Waals surface area (Å²) in [6.07, 6.45) is 4.91. The molecule has 4 heteroatoms. The van der Waals surface area contributed by atoms with Gasteiger partial charge in [-0.1, -0.05) is 13.3 Å². The highest BCUT2D eigenvalue weighted by Crippen LogP contribution is 2.18. The molecule has 1 atom stereocenters. The van der Waals surface area contributed by atoms with Crippen molar-refractivity contribution in [3.8, 4) is 0 Å². The van der Waals surface area contributed by atoms with Crippen LogP contribution in [0.3, 0.4) is 0 Å². The number of rotatable bonds is 6. The van der Waals surface area contributed by atoms with E-state index in [1.54, 1.807) is 7.11 Å². The van der Waals surface area contributed by atoms with Crippen LogP contribution in [-0.4, -0.2) is 50.2 Å². The molecule has 1 saturated heterocycles. The molecule has 0 saturated carbocycles. The number of carbonyl (C=O) groups excluding carboxylic acids is 1. The number of carbonyl (C=O) groups is 1. The number of methoxy groups -OCH3 is 1. The van der Waals surface area contributed by atoms with Crippen molar-refractivity contribution < 1.29 is 9.53 Å². The molecule has 1 aliphatic rings. The minimum atomic E-state index is 0.123. The molecule has 4 nitrogen and oxygen atoms in total. The number of nitrogens with zero attached hydrogens (tertiary/aromatic N) is 1. The molecular weight excluding hydrogens is 204 g/mol. The largest absolute Gasteiger partial charge is 0.383 e. The second-order valence-corrected chi connectivity index (χ2v) is 4.37. The fraction of sp³-hybridized carbons (Fsp3) is 0.917. The molecular formula is C12H24N2O2. The zero-order chi connectivity index (χ0) is 11.8. The molecule has 1 N–H and O–H groups in total. The van der Waals surface area contributed by atoms with Gasteiger partial charge in [0.1, 0.15) is 0 Å². The third-order valence-electron chi connectivity index (χ3n) is 3.20. The average Bonchev–Trinajstić information content (AvgIpc) is 2.30. The second kappa shape index (κ2) is 7.63. The molecule has 0 aromatic heterocycles. The quantitative estimate of drug-likeness (QED) is 0.690. The van der Waals surface area contributed by atoms with E-state index in [1.165, 1.54) is 19.3 Å². The lowest BCUT2D eigenvalue weighted by atomic mass is 10.0. The summed E-state index contributed by atoms with van der Waals surface area (Å²) >= 11 is 0. The lowest BCUT2D eigenvalue weighted by molar-refractivity contribution is -0.123. The summed E-state index contributed by atoms with van der Waals surface area (Å²) in [5.74, 6) is 0.123. The first-order valence-corrected chi connectivity index (χ1v) is 6.27. The number of hydrogen-bond donors (Lipinski definition) is 1. The molecule has 0 aromatic carbocycles. The summed E-state index contributed by atoms with van der Waals surface area (Å²) in [5.41, 5.74) is 0. The Labute approximate surface area is 98.3 Å². The molecule has 0 bridgehead atoms. The molecule has 0 radical (unpaired) electrons. The van der Waals surface area contributed by atoms with Gasteiger partial charge in [0.05, 0.1) is 13.2 Å². The van der Waals surface area contributed by atoms with Crippen molar-refractivity contribution >= 4 is 5.91 Å². The van der Waals surface area contributed by atoms with Crippen LogP contribution in [0.15, 0.2) is 0 Å². The predicted molar refractivity (Wildman–Crippen MR) is 64.4 cm³/mol. The summed E-state index contributed by atoms with van der Waals surface area (Å²) < 4.78 is 4.90. The maximum Gasteiger partial charge on any atom is 0.234 e. The van der Waals surface area contributed by atoms with Gasteiger partial charge in [-0.2, -0.15) is 0 Å². The fourth-order valence-electron chi connectivity index (χ4n) is 2.26. The summed E-state index contributed by atoms with van der Waals surface area (Å²) in [5, 5.41) is 2.87. The van der Waals surface area contributed by atoms with E-state index in [2.05, 4.69) is 17.1 Å². The van der Waals surface area contributed by atoms with Crippen molar-refractivity contribution in [2.75, 3.05) is 33.4 Å². The van der Waals surface area contributed by atoms with Crippen molar-refractivity contribution in [3.05, 3.63) is 0 Å². The summed E-state index contributed by atoms with van der Waals surface area (Å²) in [7, 11) is 1.64. The predicted octanol–water partition coefficient (Wildman–Crippen LogP) is 1.01. The van der Waals surface area contributed by atoms with Gasteiger partial charge in [-0.25, -0.2) is 0 Å². The van der Waals surface area contributed by atoms with Gasteiger partial charge in [0.2, 0.25) is 5.91 Å². The number of likely N-dealkylation sites (tertiary alicyclic amines) is 1. The molecule has 1 amide bonds. The molecule has 16 heavy (non-hydrogen) atoms. The Bertz CT molecular complexity index is 209. The van der Waals surface area contributed by atoms with Gasteiger partial charge < -0.3 is 10.1 Å². The standard InChI is InChI=1S/C12H24N2O2/c1-3-11-6-4-5-8-14(11)10-12(15)13-7-9-16-2/h11H,3-10H2,1-2H3,(H,13,15). The first kappa shape index (κ1) is 13.5. The van der Waals surface area contributed by atoms with E-state index in [9.17, 15) is 4.79 Å². The molecule has 94 valence electrons. The Hall–Kier alpha value is -0.610. The summed E-state index contributed by atoms with van der Waals surface area (Å²) in [4.78, 5) is 14.0. The van der Waals surface area contributed by atoms with Gasteiger partial charge in [0.25, 0.3) is 0 Å². The smallest absolute Gasteiger partial charge is 0.234 e. The summed E-state index contributed by atoms with van der Waals surface area (Å²) in [6, 6.07) is 0.599. The third-order valence-corrected chi connectivity index (χ3v) is 3.20. The Morgan fingerprint density at radius 3 is 3.00 bits per heavy atom. The highest BCUT2D eigenvalue weighted by molar-refractivity contribution is 5.78. The van der Waals surface area contributed by atoms with Crippen LogP contribution in [0.1, 0.15) is 32.6 Å². The average molecular weight is 228 g/mol. The van der Waals surface area contributed by atoms with E-state index in [1.807, 2.05) is 0 Å². The van der Waals surface area contributed by atoms with Crippen LogP contribution in [0, 0.1) is 0 Å². The van der Waals surface area contributed by atoms with Crippen molar-refractivity contribution in [3.63, 3.8) is 0 Å². The van der Waals surface area contributed by atoms with Crippen LogP contribution < -0.4 is 5.32 Å². The van der Waals surface area contributed by atoms with Crippen LogP contribution >= 0.6 is 0 Å². The maximum absolute atomic E-state index is 11.6. The van der Waals surface area contributed by atoms with E-state index < -0.39 is 0 Å². The van der Waals surface area contributed by atoms with Gasteiger partial charge in [-0.05, 0) is 25.8 Å². The minimum Gasteiger partial charge on any atom is -0.383 e. The lowest BCUT2D eigenvalue weighted by Gasteiger charge is -2.34. The van der Waals surface area contributed by atoms with Crippen molar-refractivity contribution in [2.24, 2.45) is 0 Å². The van der Waals surface area contributed by atoms with Gasteiger partial charge in [-0.15, -0.1) is 0 Å². The van der Waals surface area contributed by atoms with E-state index in [0.717, 1.165) is 13.0 Å². The Morgan fingerprint density at radius 1 is 1.50 bits per heavy atom. The van der Waals surface area contributed by atoms with Gasteiger partial charge >= 0.3 is 0 Å². The molecule has 0 aromatic rings. The van der Waals surface area contributed by atoms with Gasteiger partial charge in [0.15, 0.2) is 0 Å². The first-order chi connectivity index (χ1) is 7.77. The number of hydrogen-bond acceptors (Lipinski definition) is 3. The molecule has 0 spiro atoms. The lowest BCUT2D eigenvalue weighted by Crippen LogP contribution is -2.45. The topological polar surface area (TPSA) is 41.6 Å². The number of amides is 1. The van der Waals surface area contributed by atoms with Crippen LogP contribution in [0.4, 0.5) is 0 Å². The minimum absolute atomic E-state index is 0.123. The van der Waals surface area contributed by atoms with Crippen LogP contribution in [-0.2, 0) is 9.53 Å². The Balaban J connectivity index is 2.25. The second-order valence-electron chi connectivity index (χ2n) is 4.37. The van der Waals surface area contributed by atoms with E-state index in [0.29, 0.717) is 25.7 Å². The highest BCUT2D eigenvalue weighted by atomic mass is 16.5. The molecule has 1 rings (SSSR count). The fourth-order valence-corrected chi connectivity index (χ4v) is 2.26. The third kappa shape index (κ3) is 4.49. The monoisotopic (exact) mass is 228 g/mol. The first-order valence-electron chi connectivity index (χ1n) is 6.27. The molecule has 0 aliphatic carbocycles. The molecule has 1 heterocycles. The molecule has 1 aliphatic heterocycles. The molecule has 1 unspecified atom stereocenters. The van der Waals surface area contributed by atoms with E-state index in [-0.39, 0.29) is 5.91 Å². The number of nitrogens with one attached hydrogen (secondary N) is 1. The highest BCUT2D eigenvalue weighted by Gasteiger charge is 2.22. The zero-order valence-corrected chi connectivity index (χ0v) is 10.5. The SMILES string of the molecule is CCC1CCCCN1CC(=O)NCCOC. The van der Waals surface area contributed by atoms with E-state index >= 15 is 0 Å². The van der Waals surface area contributed by atoms with Crippen LogP contribution in [0.25, 0.3) is 0 Å². The number of ether oxygens (including phenoxy) is 1. The normalized spacial score (nSPS) is 22.0. The summed E-state index contributed by atoms with van der Waals surface area (Å²) in [6.45, 7) is 5.01. The van der Waals surface area contributed by atoms with E-state index in [4.69, 9.17) is 4.74 Å². The zero-order valence-electron chi connectivity index (χ0n) is 10.5. The van der Waals surface area contributed by atoms with Crippen LogP contribution in [0.5, 0.6) is 0 Å². The van der Waals surface area contributed by atoms with Crippen molar-refractivity contribution in [2.45, 2.75) is 38.6 Å². The molecule has 1 fully saturated rings. The van der Waals surface area contributed by atoms with Gasteiger partial charge in [-0.3, -0.25) is 9.69 Å². The van der Waals surface area contributed by atoms with Crippen molar-refractivity contribution in [1.82, 2.24) is 10.2 Å². The van der Waals surface area contributed by atoms with Crippen LogP contribution in [0.2, 0.25) is 0 Å². The Morgan fingerprint density at radius 2 is 2.31 bits per heavy atom. The van der Waals surface area contributed by atoms with Crippen molar-refractivity contribution in [1.29, 1.82) is 0 Å².